The Morgan fingerprint density at radius 3 is 2.84 bits per heavy atom. The van der Waals surface area contributed by atoms with E-state index in [1.54, 1.807) is 6.92 Å². The molecule has 0 saturated heterocycles. The summed E-state index contributed by atoms with van der Waals surface area (Å²) in [4.78, 5) is 22.8. The highest BCUT2D eigenvalue weighted by molar-refractivity contribution is 5.88. The first-order chi connectivity index (χ1) is 9.08. The van der Waals surface area contributed by atoms with Crippen molar-refractivity contribution in [1.82, 2.24) is 5.32 Å². The number of carboxylic acid groups (broad SMARTS) is 1. The third-order valence-electron chi connectivity index (χ3n) is 3.28. The molecule has 0 fully saturated rings. The van der Waals surface area contributed by atoms with Crippen LogP contribution in [0, 0.1) is 12.8 Å². The van der Waals surface area contributed by atoms with E-state index in [0.29, 0.717) is 11.5 Å². The van der Waals surface area contributed by atoms with E-state index in [4.69, 9.17) is 9.52 Å². The first-order valence-corrected chi connectivity index (χ1v) is 6.33. The number of rotatable bonds is 4. The summed E-state index contributed by atoms with van der Waals surface area (Å²) in [5.41, 5.74) is 0.143. The second-order valence-electron chi connectivity index (χ2n) is 4.69. The van der Waals surface area contributed by atoms with Crippen molar-refractivity contribution >= 4 is 11.9 Å². The number of aromatic carboxylic acids is 1. The lowest BCUT2D eigenvalue weighted by atomic mass is 9.94. The normalized spacial score (nSPS) is 18.3. The van der Waals surface area contributed by atoms with E-state index in [-0.39, 0.29) is 23.9 Å². The van der Waals surface area contributed by atoms with Gasteiger partial charge in [-0.05, 0) is 32.3 Å². The number of carboxylic acids is 1. The molecule has 2 N–H and O–H groups in total. The number of amides is 1. The lowest BCUT2D eigenvalue weighted by molar-refractivity contribution is -0.125. The van der Waals surface area contributed by atoms with Crippen LogP contribution in [0.5, 0.6) is 0 Å². The van der Waals surface area contributed by atoms with Crippen molar-refractivity contribution < 1.29 is 19.1 Å². The molecule has 0 aliphatic heterocycles. The van der Waals surface area contributed by atoms with Gasteiger partial charge in [-0.3, -0.25) is 4.79 Å². The summed E-state index contributed by atoms with van der Waals surface area (Å²) in [6.07, 6.45) is 6.66. The second-order valence-corrected chi connectivity index (χ2v) is 4.69. The fourth-order valence-corrected chi connectivity index (χ4v) is 2.19. The first-order valence-electron chi connectivity index (χ1n) is 6.33. The molecular weight excluding hydrogens is 246 g/mol. The summed E-state index contributed by atoms with van der Waals surface area (Å²) in [5, 5.41) is 11.7. The maximum atomic E-state index is 11.9. The van der Waals surface area contributed by atoms with Crippen LogP contribution in [0.15, 0.2) is 22.6 Å². The zero-order valence-electron chi connectivity index (χ0n) is 10.8. The molecule has 1 aliphatic rings. The largest absolute Gasteiger partial charge is 0.478 e. The lowest BCUT2D eigenvalue weighted by Gasteiger charge is -2.16. The summed E-state index contributed by atoms with van der Waals surface area (Å²) >= 11 is 0. The molecule has 1 aromatic heterocycles. The maximum absolute atomic E-state index is 11.9. The van der Waals surface area contributed by atoms with Crippen LogP contribution >= 0.6 is 0 Å². The van der Waals surface area contributed by atoms with Crippen molar-refractivity contribution in [3.05, 3.63) is 35.3 Å². The molecule has 0 radical (unpaired) electrons. The summed E-state index contributed by atoms with van der Waals surface area (Å²) < 4.78 is 5.30. The van der Waals surface area contributed by atoms with Crippen LogP contribution in [0.3, 0.4) is 0 Å². The Kier molecular flexibility index (Phi) is 4.04. The molecule has 0 bridgehead atoms. The van der Waals surface area contributed by atoms with Gasteiger partial charge in [-0.25, -0.2) is 4.79 Å². The molecule has 0 spiro atoms. The van der Waals surface area contributed by atoms with Gasteiger partial charge >= 0.3 is 5.97 Å². The van der Waals surface area contributed by atoms with E-state index in [1.807, 2.05) is 6.08 Å². The van der Waals surface area contributed by atoms with Crippen LogP contribution < -0.4 is 5.32 Å². The number of allylic oxidation sites excluding steroid dienone is 2. The maximum Gasteiger partial charge on any atom is 0.339 e. The van der Waals surface area contributed by atoms with Gasteiger partial charge in [-0.1, -0.05) is 12.2 Å². The topological polar surface area (TPSA) is 79.5 Å². The number of aryl methyl sites for hydroxylation is 1. The van der Waals surface area contributed by atoms with E-state index >= 15 is 0 Å². The van der Waals surface area contributed by atoms with Gasteiger partial charge in [0.1, 0.15) is 17.1 Å². The molecule has 102 valence electrons. The predicted molar refractivity (Wildman–Crippen MR) is 68.7 cm³/mol. The Morgan fingerprint density at radius 1 is 1.47 bits per heavy atom. The molecule has 0 saturated carbocycles. The summed E-state index contributed by atoms with van der Waals surface area (Å²) in [5.74, 6) is -0.182. The van der Waals surface area contributed by atoms with Crippen LogP contribution in [-0.2, 0) is 11.3 Å². The van der Waals surface area contributed by atoms with Crippen molar-refractivity contribution in [3.8, 4) is 0 Å². The fourth-order valence-electron chi connectivity index (χ4n) is 2.19. The lowest BCUT2D eigenvalue weighted by Crippen LogP contribution is -2.30. The highest BCUT2D eigenvalue weighted by Crippen LogP contribution is 2.19. The molecule has 1 aliphatic carbocycles. The Labute approximate surface area is 111 Å². The number of nitrogens with one attached hydrogen (secondary N) is 1. The zero-order chi connectivity index (χ0) is 13.8. The Bertz CT molecular complexity index is 516. The molecular formula is C14H17NO4. The van der Waals surface area contributed by atoms with Crippen molar-refractivity contribution in [3.63, 3.8) is 0 Å². The predicted octanol–water partition coefficient (Wildman–Crippen LogP) is 2.26. The van der Waals surface area contributed by atoms with Gasteiger partial charge < -0.3 is 14.8 Å². The van der Waals surface area contributed by atoms with Crippen LogP contribution in [-0.4, -0.2) is 17.0 Å². The second kappa shape index (κ2) is 5.73. The number of furan rings is 1. The van der Waals surface area contributed by atoms with Gasteiger partial charge in [-0.15, -0.1) is 0 Å². The Hall–Kier alpha value is -2.04. The van der Waals surface area contributed by atoms with Crippen molar-refractivity contribution in [2.24, 2.45) is 5.92 Å². The van der Waals surface area contributed by atoms with Crippen LogP contribution in [0.4, 0.5) is 0 Å². The van der Waals surface area contributed by atoms with Crippen LogP contribution in [0.2, 0.25) is 0 Å². The number of hydrogen-bond acceptors (Lipinski definition) is 3. The molecule has 2 rings (SSSR count). The molecule has 1 unspecified atom stereocenters. The molecule has 19 heavy (non-hydrogen) atoms. The molecule has 1 atom stereocenters. The minimum absolute atomic E-state index is 0.00437. The van der Waals surface area contributed by atoms with Crippen molar-refractivity contribution in [2.75, 3.05) is 0 Å². The smallest absolute Gasteiger partial charge is 0.339 e. The first kappa shape index (κ1) is 13.4. The van der Waals surface area contributed by atoms with Crippen molar-refractivity contribution in [2.45, 2.75) is 32.7 Å². The number of carbonyl (C=O) groups excluding carboxylic acids is 1. The highest BCUT2D eigenvalue weighted by atomic mass is 16.4. The summed E-state index contributed by atoms with van der Waals surface area (Å²) in [6, 6.07) is 1.46. The average molecular weight is 263 g/mol. The monoisotopic (exact) mass is 263 g/mol. The fraction of sp³-hybridized carbons (Fsp3) is 0.429. The average Bonchev–Trinajstić information content (AvgIpc) is 2.78. The van der Waals surface area contributed by atoms with Crippen molar-refractivity contribution in [1.29, 1.82) is 0 Å². The zero-order valence-corrected chi connectivity index (χ0v) is 10.8. The molecule has 1 heterocycles. The molecule has 1 amide bonds. The molecule has 5 heteroatoms. The molecule has 1 aromatic rings. The van der Waals surface area contributed by atoms with E-state index in [9.17, 15) is 9.59 Å². The molecule has 5 nitrogen and oxygen atoms in total. The van der Waals surface area contributed by atoms with Gasteiger partial charge in [0.05, 0.1) is 6.54 Å². The van der Waals surface area contributed by atoms with Gasteiger partial charge in [0.15, 0.2) is 0 Å². The standard InChI is InChI=1S/C14H17NO4/c1-9-12(14(17)18)7-11(19-9)8-15-13(16)10-5-3-2-4-6-10/h2-3,7,10H,4-6,8H2,1H3,(H,15,16)(H,17,18). The summed E-state index contributed by atoms with van der Waals surface area (Å²) in [7, 11) is 0. The van der Waals surface area contributed by atoms with E-state index in [1.165, 1.54) is 6.07 Å². The van der Waals surface area contributed by atoms with Gasteiger partial charge in [0, 0.05) is 5.92 Å². The Morgan fingerprint density at radius 2 is 2.26 bits per heavy atom. The highest BCUT2D eigenvalue weighted by Gasteiger charge is 2.19. The third-order valence-corrected chi connectivity index (χ3v) is 3.28. The van der Waals surface area contributed by atoms with E-state index < -0.39 is 5.97 Å². The van der Waals surface area contributed by atoms with Crippen LogP contribution in [0.25, 0.3) is 0 Å². The third kappa shape index (κ3) is 3.24. The van der Waals surface area contributed by atoms with Gasteiger partial charge in [-0.2, -0.15) is 0 Å². The SMILES string of the molecule is Cc1oc(CNC(=O)C2CC=CCC2)cc1C(=O)O. The van der Waals surface area contributed by atoms with Gasteiger partial charge in [0.2, 0.25) is 5.91 Å². The number of carbonyl (C=O) groups is 2. The minimum atomic E-state index is -1.02. The van der Waals surface area contributed by atoms with Gasteiger partial charge in [0.25, 0.3) is 0 Å². The quantitative estimate of drug-likeness (QED) is 0.816. The van der Waals surface area contributed by atoms with Crippen LogP contribution in [0.1, 0.15) is 41.1 Å². The molecule has 0 aromatic carbocycles. The number of hydrogen-bond donors (Lipinski definition) is 2. The Balaban J connectivity index is 1.91. The van der Waals surface area contributed by atoms with E-state index in [0.717, 1.165) is 19.3 Å². The minimum Gasteiger partial charge on any atom is -0.478 e. The van der Waals surface area contributed by atoms with E-state index in [2.05, 4.69) is 11.4 Å². The summed E-state index contributed by atoms with van der Waals surface area (Å²) in [6.45, 7) is 1.83.